The van der Waals surface area contributed by atoms with Crippen LogP contribution in [0.1, 0.15) is 38.8 Å². The number of nitrogens with zero attached hydrogens (tertiary/aromatic N) is 1. The Hall–Kier alpha value is -1.55. The molecule has 0 saturated carbocycles. The predicted molar refractivity (Wildman–Crippen MR) is 86.4 cm³/mol. The van der Waals surface area contributed by atoms with Crippen LogP contribution in [0.15, 0.2) is 23.2 Å². The number of nitrogens with two attached hydrogens (primary N) is 1. The van der Waals surface area contributed by atoms with E-state index in [9.17, 15) is 0 Å². The van der Waals surface area contributed by atoms with Gasteiger partial charge in [-0.2, -0.15) is 0 Å². The van der Waals surface area contributed by atoms with E-state index < -0.39 is 0 Å². The van der Waals surface area contributed by atoms with Gasteiger partial charge in [0.1, 0.15) is 0 Å². The molecule has 1 aromatic carbocycles. The monoisotopic (exact) mass is 277 g/mol. The molecule has 0 bridgehead atoms. The van der Waals surface area contributed by atoms with Crippen molar-refractivity contribution in [3.63, 3.8) is 0 Å². The van der Waals surface area contributed by atoms with Gasteiger partial charge >= 0.3 is 0 Å². The third-order valence-corrected chi connectivity index (χ3v) is 3.43. The second kappa shape index (κ2) is 7.29. The Kier molecular flexibility index (Phi) is 6.02. The summed E-state index contributed by atoms with van der Waals surface area (Å²) >= 11 is 0. The Bertz CT molecular complexity index is 445. The van der Waals surface area contributed by atoms with E-state index in [2.05, 4.69) is 42.4 Å². The maximum absolute atomic E-state index is 6.00. The molecule has 0 aliphatic carbocycles. The molecule has 0 aliphatic heterocycles. The van der Waals surface area contributed by atoms with Crippen LogP contribution in [0.25, 0.3) is 0 Å². The summed E-state index contributed by atoms with van der Waals surface area (Å²) in [5.74, 6) is 0.436. The van der Waals surface area contributed by atoms with Crippen molar-refractivity contribution in [2.45, 2.75) is 46.1 Å². The first-order valence-electron chi connectivity index (χ1n) is 7.16. The number of hydrogen-bond donors (Lipinski definition) is 2. The lowest BCUT2D eigenvalue weighted by atomic mass is 10.0. The molecule has 0 aliphatic rings. The van der Waals surface area contributed by atoms with Crippen LogP contribution >= 0.6 is 0 Å². The van der Waals surface area contributed by atoms with Crippen molar-refractivity contribution in [3.05, 3.63) is 29.3 Å². The van der Waals surface area contributed by atoms with Gasteiger partial charge in [0.05, 0.1) is 12.1 Å². The highest BCUT2D eigenvalue weighted by Gasteiger charge is 2.15. The number of ether oxygens (including phenoxy) is 1. The number of benzene rings is 1. The summed E-state index contributed by atoms with van der Waals surface area (Å²) in [6.45, 7) is 8.78. The fourth-order valence-corrected chi connectivity index (χ4v) is 1.91. The molecule has 0 heterocycles. The molecule has 4 heteroatoms. The van der Waals surface area contributed by atoms with Gasteiger partial charge in [0, 0.05) is 12.8 Å². The van der Waals surface area contributed by atoms with Crippen LogP contribution < -0.4 is 11.1 Å². The number of aliphatic imine (C=N–C) groups is 1. The van der Waals surface area contributed by atoms with Gasteiger partial charge in [0.15, 0.2) is 5.96 Å². The molecule has 0 aromatic heterocycles. The van der Waals surface area contributed by atoms with Crippen LogP contribution in [0.2, 0.25) is 0 Å². The lowest BCUT2D eigenvalue weighted by Gasteiger charge is -2.21. The number of guanidine groups is 1. The van der Waals surface area contributed by atoms with E-state index in [4.69, 9.17) is 10.5 Å². The van der Waals surface area contributed by atoms with Gasteiger partial charge in [0.2, 0.25) is 0 Å². The zero-order valence-electron chi connectivity index (χ0n) is 13.3. The topological polar surface area (TPSA) is 59.6 Å². The second-order valence-electron chi connectivity index (χ2n) is 5.45. The minimum Gasteiger partial charge on any atom is -0.377 e. The molecule has 3 N–H and O–H groups in total. The molecule has 0 fully saturated rings. The maximum atomic E-state index is 6.00. The molecule has 0 unspecified atom stereocenters. The molecule has 0 saturated heterocycles. The maximum Gasteiger partial charge on any atom is 0.193 e. The molecule has 4 nitrogen and oxygen atoms in total. The highest BCUT2D eigenvalue weighted by Crippen LogP contribution is 2.22. The van der Waals surface area contributed by atoms with Crippen LogP contribution in [-0.2, 0) is 17.6 Å². The SMILES string of the molecule is CCc1cccc(CC)c1NC(N)=NCC(C)(C)OC. The molecule has 0 radical (unpaired) electrons. The third kappa shape index (κ3) is 4.53. The number of methoxy groups -OCH3 is 1. The molecule has 0 amide bonds. The average molecular weight is 277 g/mol. The largest absolute Gasteiger partial charge is 0.377 e. The van der Waals surface area contributed by atoms with Crippen LogP contribution in [0.3, 0.4) is 0 Å². The first-order chi connectivity index (χ1) is 9.43. The lowest BCUT2D eigenvalue weighted by Crippen LogP contribution is -2.31. The van der Waals surface area contributed by atoms with Crippen LogP contribution in [0.5, 0.6) is 0 Å². The molecule has 0 atom stereocenters. The zero-order valence-corrected chi connectivity index (χ0v) is 13.3. The highest BCUT2D eigenvalue weighted by atomic mass is 16.5. The molecule has 112 valence electrons. The number of para-hydroxylation sites is 1. The van der Waals surface area contributed by atoms with E-state index in [1.54, 1.807) is 7.11 Å². The number of hydrogen-bond acceptors (Lipinski definition) is 2. The van der Waals surface area contributed by atoms with E-state index >= 15 is 0 Å². The van der Waals surface area contributed by atoms with Crippen molar-refractivity contribution in [2.24, 2.45) is 10.7 Å². The van der Waals surface area contributed by atoms with Crippen LogP contribution in [0, 0.1) is 0 Å². The summed E-state index contributed by atoms with van der Waals surface area (Å²) < 4.78 is 5.34. The predicted octanol–water partition coefficient (Wildman–Crippen LogP) is 2.96. The third-order valence-electron chi connectivity index (χ3n) is 3.43. The Balaban J connectivity index is 2.90. The van der Waals surface area contributed by atoms with Gasteiger partial charge in [-0.3, -0.25) is 4.99 Å². The van der Waals surface area contributed by atoms with E-state index in [0.29, 0.717) is 12.5 Å². The molecule has 1 rings (SSSR count). The minimum absolute atomic E-state index is 0.301. The summed E-state index contributed by atoms with van der Waals surface area (Å²) in [5.41, 5.74) is 9.30. The Morgan fingerprint density at radius 2 is 1.80 bits per heavy atom. The van der Waals surface area contributed by atoms with Crippen LogP contribution in [-0.4, -0.2) is 25.2 Å². The molecule has 0 spiro atoms. The van der Waals surface area contributed by atoms with Gasteiger partial charge < -0.3 is 15.8 Å². The molecule has 1 aromatic rings. The van der Waals surface area contributed by atoms with Crippen molar-refractivity contribution in [1.29, 1.82) is 0 Å². The summed E-state index contributed by atoms with van der Waals surface area (Å²) in [4.78, 5) is 4.37. The number of anilines is 1. The number of nitrogens with one attached hydrogen (secondary N) is 1. The van der Waals surface area contributed by atoms with E-state index in [-0.39, 0.29) is 5.60 Å². The first-order valence-corrected chi connectivity index (χ1v) is 7.16. The van der Waals surface area contributed by atoms with Gasteiger partial charge in [-0.15, -0.1) is 0 Å². The standard InChI is InChI=1S/C16H27N3O/c1-6-12-9-8-10-13(7-2)14(12)19-15(17)18-11-16(3,4)20-5/h8-10H,6-7,11H2,1-5H3,(H3,17,18,19). The normalized spacial score (nSPS) is 12.6. The lowest BCUT2D eigenvalue weighted by molar-refractivity contribution is 0.0312. The van der Waals surface area contributed by atoms with E-state index in [1.807, 2.05) is 13.8 Å². The van der Waals surface area contributed by atoms with Gasteiger partial charge in [-0.25, -0.2) is 0 Å². The summed E-state index contributed by atoms with van der Waals surface area (Å²) in [6.07, 6.45) is 1.93. The molecular weight excluding hydrogens is 250 g/mol. The number of aryl methyl sites for hydroxylation is 2. The quantitative estimate of drug-likeness (QED) is 0.621. The van der Waals surface area contributed by atoms with Crippen molar-refractivity contribution in [3.8, 4) is 0 Å². The van der Waals surface area contributed by atoms with Crippen molar-refractivity contribution in [2.75, 3.05) is 19.0 Å². The average Bonchev–Trinajstić information content (AvgIpc) is 2.45. The van der Waals surface area contributed by atoms with Gasteiger partial charge in [-0.1, -0.05) is 32.0 Å². The van der Waals surface area contributed by atoms with Crippen molar-refractivity contribution in [1.82, 2.24) is 0 Å². The van der Waals surface area contributed by atoms with Gasteiger partial charge in [-0.05, 0) is 37.8 Å². The van der Waals surface area contributed by atoms with Crippen molar-refractivity contribution < 1.29 is 4.74 Å². The minimum atomic E-state index is -0.301. The van der Waals surface area contributed by atoms with Gasteiger partial charge in [0.25, 0.3) is 0 Å². The fraction of sp³-hybridized carbons (Fsp3) is 0.562. The fourth-order valence-electron chi connectivity index (χ4n) is 1.91. The van der Waals surface area contributed by atoms with Crippen LogP contribution in [0.4, 0.5) is 5.69 Å². The zero-order chi connectivity index (χ0) is 15.2. The van der Waals surface area contributed by atoms with E-state index in [0.717, 1.165) is 18.5 Å². The molecule has 20 heavy (non-hydrogen) atoms. The number of rotatable bonds is 6. The molecular formula is C16H27N3O. The van der Waals surface area contributed by atoms with Crippen molar-refractivity contribution >= 4 is 11.6 Å². The summed E-state index contributed by atoms with van der Waals surface area (Å²) in [5, 5.41) is 3.25. The Labute approximate surface area is 122 Å². The highest BCUT2D eigenvalue weighted by molar-refractivity contribution is 5.93. The first kappa shape index (κ1) is 16.5. The summed E-state index contributed by atoms with van der Waals surface area (Å²) in [7, 11) is 1.68. The summed E-state index contributed by atoms with van der Waals surface area (Å²) in [6, 6.07) is 6.33. The smallest absolute Gasteiger partial charge is 0.193 e. The Morgan fingerprint density at radius 3 is 2.25 bits per heavy atom. The van der Waals surface area contributed by atoms with E-state index in [1.165, 1.54) is 11.1 Å². The second-order valence-corrected chi connectivity index (χ2v) is 5.45. The Morgan fingerprint density at radius 1 is 1.25 bits per heavy atom.